The van der Waals surface area contributed by atoms with Gasteiger partial charge in [0.1, 0.15) is 5.54 Å². The van der Waals surface area contributed by atoms with E-state index in [2.05, 4.69) is 97.1 Å². The van der Waals surface area contributed by atoms with Crippen LogP contribution >= 0.6 is 15.9 Å². The molecule has 1 aliphatic carbocycles. The number of hydrogen-bond acceptors (Lipinski definition) is 1. The van der Waals surface area contributed by atoms with Crippen LogP contribution in [-0.2, 0) is 12.0 Å². The molecule has 3 nitrogen and oxygen atoms in total. The van der Waals surface area contributed by atoms with Gasteiger partial charge >= 0.3 is 0 Å². The minimum absolute atomic E-state index is 0.0524. The van der Waals surface area contributed by atoms with Crippen LogP contribution < -0.4 is 5.32 Å². The Morgan fingerprint density at radius 1 is 1.27 bits per heavy atom. The number of allylic oxidation sites excluding steroid dienone is 4. The van der Waals surface area contributed by atoms with E-state index in [1.807, 2.05) is 19.2 Å². The Morgan fingerprint density at radius 3 is 2.45 bits per heavy atom. The lowest BCUT2D eigenvalue weighted by Gasteiger charge is -2.47. The number of hydrogen-bond donors (Lipinski definition) is 1. The Balaban J connectivity index is 2.28. The molecule has 1 aromatic rings. The molecule has 4 heteroatoms. The highest BCUT2D eigenvalue weighted by atomic mass is 79.9. The van der Waals surface area contributed by atoms with Crippen LogP contribution in [0.15, 0.2) is 76.4 Å². The Hall–Kier alpha value is -2.07. The second-order valence-corrected chi connectivity index (χ2v) is 10.7. The van der Waals surface area contributed by atoms with Crippen molar-refractivity contribution in [1.29, 1.82) is 0 Å². The standard InChI is InChI=1S/C29H40BrN3/c1-10-20(7)25(12-3)22(11-2)17-28(13-4)18-23-14-15-24(30)16-26(23)29(28)21(8)33(19(5)6)27(31-9)32-29/h10,12,14-16,19,22H,1,3,8,11,13,17-18H2,2,4-7,9H3,(H,31,32)/b25-20+. The molecule has 1 spiro atoms. The fraction of sp³-hybridized carbons (Fsp3) is 0.483. The Labute approximate surface area is 209 Å². The normalized spacial score (nSPS) is 27.1. The van der Waals surface area contributed by atoms with Gasteiger partial charge in [0.05, 0.1) is 0 Å². The predicted molar refractivity (Wildman–Crippen MR) is 146 cm³/mol. The Bertz CT molecular complexity index is 1020. The number of fused-ring (bicyclic) bond motifs is 2. The topological polar surface area (TPSA) is 27.6 Å². The minimum atomic E-state index is -0.401. The molecule has 0 radical (unpaired) electrons. The van der Waals surface area contributed by atoms with Crippen molar-refractivity contribution in [1.82, 2.24) is 10.2 Å². The summed E-state index contributed by atoms with van der Waals surface area (Å²) < 4.78 is 1.10. The van der Waals surface area contributed by atoms with E-state index in [1.165, 1.54) is 22.3 Å². The summed E-state index contributed by atoms with van der Waals surface area (Å²) in [6.07, 6.45) is 8.13. The van der Waals surface area contributed by atoms with Gasteiger partial charge in [-0.2, -0.15) is 0 Å². The van der Waals surface area contributed by atoms with Gasteiger partial charge in [0.15, 0.2) is 5.96 Å². The molecule has 1 heterocycles. The quantitative estimate of drug-likeness (QED) is 0.367. The van der Waals surface area contributed by atoms with E-state index in [9.17, 15) is 0 Å². The van der Waals surface area contributed by atoms with Crippen molar-refractivity contribution in [3.05, 3.63) is 82.5 Å². The molecule has 0 amide bonds. The molecule has 3 unspecified atom stereocenters. The molecule has 1 fully saturated rings. The van der Waals surface area contributed by atoms with E-state index in [1.54, 1.807) is 0 Å². The maximum Gasteiger partial charge on any atom is 0.199 e. The molecule has 178 valence electrons. The minimum Gasteiger partial charge on any atom is -0.340 e. The highest BCUT2D eigenvalue weighted by Crippen LogP contribution is 2.62. The van der Waals surface area contributed by atoms with Crippen molar-refractivity contribution in [2.24, 2.45) is 16.3 Å². The van der Waals surface area contributed by atoms with E-state index in [-0.39, 0.29) is 11.5 Å². The average molecular weight is 511 g/mol. The van der Waals surface area contributed by atoms with Crippen LogP contribution in [0.5, 0.6) is 0 Å². The summed E-state index contributed by atoms with van der Waals surface area (Å²) >= 11 is 3.75. The molecule has 33 heavy (non-hydrogen) atoms. The van der Waals surface area contributed by atoms with E-state index in [0.717, 1.165) is 41.8 Å². The highest BCUT2D eigenvalue weighted by molar-refractivity contribution is 9.10. The predicted octanol–water partition coefficient (Wildman–Crippen LogP) is 7.51. The number of guanidine groups is 1. The zero-order valence-electron chi connectivity index (χ0n) is 21.3. The molecule has 3 atom stereocenters. The Morgan fingerprint density at radius 2 is 1.97 bits per heavy atom. The lowest BCUT2D eigenvalue weighted by Crippen LogP contribution is -2.52. The Kier molecular flexibility index (Phi) is 7.48. The third kappa shape index (κ3) is 3.84. The summed E-state index contributed by atoms with van der Waals surface area (Å²) in [7, 11) is 1.87. The third-order valence-corrected chi connectivity index (χ3v) is 8.50. The number of aliphatic imine (C=N–C) groups is 1. The first-order chi connectivity index (χ1) is 15.7. The van der Waals surface area contributed by atoms with E-state index >= 15 is 0 Å². The first kappa shape index (κ1) is 25.6. The number of nitrogens with zero attached hydrogens (tertiary/aromatic N) is 2. The van der Waals surface area contributed by atoms with Crippen LogP contribution in [0, 0.1) is 11.3 Å². The second kappa shape index (κ2) is 9.66. The molecular formula is C29H40BrN3. The molecule has 0 bridgehead atoms. The monoisotopic (exact) mass is 509 g/mol. The van der Waals surface area contributed by atoms with Gasteiger partial charge in [0.25, 0.3) is 0 Å². The molecular weight excluding hydrogens is 470 g/mol. The zero-order valence-corrected chi connectivity index (χ0v) is 22.8. The number of benzene rings is 1. The van der Waals surface area contributed by atoms with Gasteiger partial charge in [0.2, 0.25) is 0 Å². The van der Waals surface area contributed by atoms with Crippen molar-refractivity contribution in [3.63, 3.8) is 0 Å². The van der Waals surface area contributed by atoms with Crippen LogP contribution in [0.25, 0.3) is 0 Å². The van der Waals surface area contributed by atoms with Gasteiger partial charge in [-0.1, -0.05) is 67.7 Å². The summed E-state index contributed by atoms with van der Waals surface area (Å²) in [6.45, 7) is 24.1. The maximum atomic E-state index is 4.73. The average Bonchev–Trinajstić information content (AvgIpc) is 3.26. The fourth-order valence-electron chi connectivity index (χ4n) is 6.30. The van der Waals surface area contributed by atoms with Crippen molar-refractivity contribution >= 4 is 21.9 Å². The molecule has 0 saturated carbocycles. The summed E-state index contributed by atoms with van der Waals surface area (Å²) in [5.41, 5.74) is 5.90. The largest absolute Gasteiger partial charge is 0.340 e. The van der Waals surface area contributed by atoms with Gasteiger partial charge < -0.3 is 10.2 Å². The maximum absolute atomic E-state index is 4.73. The van der Waals surface area contributed by atoms with Gasteiger partial charge in [-0.05, 0) is 86.8 Å². The number of rotatable bonds is 8. The van der Waals surface area contributed by atoms with E-state index in [4.69, 9.17) is 6.58 Å². The third-order valence-electron chi connectivity index (χ3n) is 8.01. The van der Waals surface area contributed by atoms with Crippen molar-refractivity contribution in [3.8, 4) is 0 Å². The van der Waals surface area contributed by atoms with Gasteiger partial charge in [-0.25, -0.2) is 0 Å². The molecule has 1 N–H and O–H groups in total. The van der Waals surface area contributed by atoms with Crippen LogP contribution in [0.3, 0.4) is 0 Å². The lowest BCUT2D eigenvalue weighted by molar-refractivity contribution is 0.109. The number of halogens is 1. The molecule has 3 rings (SSSR count). The summed E-state index contributed by atoms with van der Waals surface area (Å²) in [6, 6.07) is 7.01. The van der Waals surface area contributed by atoms with Crippen molar-refractivity contribution < 1.29 is 0 Å². The van der Waals surface area contributed by atoms with Crippen molar-refractivity contribution in [2.75, 3.05) is 7.05 Å². The van der Waals surface area contributed by atoms with Gasteiger partial charge in [0, 0.05) is 28.7 Å². The first-order valence-corrected chi connectivity index (χ1v) is 12.9. The zero-order chi connectivity index (χ0) is 24.6. The fourth-order valence-corrected chi connectivity index (χ4v) is 6.66. The van der Waals surface area contributed by atoms with Crippen LogP contribution in [0.2, 0.25) is 0 Å². The summed E-state index contributed by atoms with van der Waals surface area (Å²) in [4.78, 5) is 6.96. The lowest BCUT2D eigenvalue weighted by atomic mass is 9.61. The molecule has 1 aromatic carbocycles. The van der Waals surface area contributed by atoms with Gasteiger partial charge in [-0.3, -0.25) is 4.99 Å². The van der Waals surface area contributed by atoms with E-state index < -0.39 is 5.54 Å². The second-order valence-electron chi connectivity index (χ2n) is 9.80. The molecule has 2 aliphatic rings. The molecule has 1 saturated heterocycles. The highest BCUT2D eigenvalue weighted by Gasteiger charge is 2.63. The first-order valence-electron chi connectivity index (χ1n) is 12.1. The van der Waals surface area contributed by atoms with Crippen LogP contribution in [-0.4, -0.2) is 23.9 Å². The SMILES string of the molecule is C=C/C(C)=C(\C=C)C(CC)CC1(CC)Cc2ccc(Br)cc2C12NC(=NC)N(C(C)C)C2=C. The van der Waals surface area contributed by atoms with Crippen LogP contribution in [0.1, 0.15) is 65.0 Å². The summed E-state index contributed by atoms with van der Waals surface area (Å²) in [5.74, 6) is 1.30. The van der Waals surface area contributed by atoms with Crippen molar-refractivity contribution in [2.45, 2.75) is 71.9 Å². The number of nitrogens with one attached hydrogen (secondary N) is 1. The smallest absolute Gasteiger partial charge is 0.199 e. The molecule has 0 aromatic heterocycles. The summed E-state index contributed by atoms with van der Waals surface area (Å²) in [5, 5.41) is 3.95. The van der Waals surface area contributed by atoms with Crippen LogP contribution in [0.4, 0.5) is 0 Å². The van der Waals surface area contributed by atoms with Gasteiger partial charge in [-0.15, -0.1) is 0 Å². The molecule has 1 aliphatic heterocycles. The van der Waals surface area contributed by atoms with E-state index in [0.29, 0.717) is 5.92 Å².